The molecule has 0 saturated heterocycles. The molecule has 0 atom stereocenters. The molecular weight excluding hydrogens is 420 g/mol. The zero-order valence-corrected chi connectivity index (χ0v) is 18.3. The van der Waals surface area contributed by atoms with Crippen molar-refractivity contribution in [1.82, 2.24) is 19.7 Å². The van der Waals surface area contributed by atoms with Crippen LogP contribution in [0.5, 0.6) is 0 Å². The number of nitrogens with zero attached hydrogens (tertiary/aromatic N) is 4. The number of hydrogen-bond donors (Lipinski definition) is 0. The Balaban J connectivity index is 1.56. The topological polar surface area (TPSA) is 60.7 Å². The Morgan fingerprint density at radius 3 is 1.65 bits per heavy atom. The number of para-hydroxylation sites is 2. The average molecular weight is 441 g/mol. The van der Waals surface area contributed by atoms with Crippen LogP contribution in [0.1, 0.15) is 5.82 Å². The Hall–Kier alpha value is -4.64. The van der Waals surface area contributed by atoms with Gasteiger partial charge in [-0.1, -0.05) is 84.9 Å². The molecular formula is C29H20N4O. The first-order valence-electron chi connectivity index (χ1n) is 11.1. The molecule has 2 aromatic heterocycles. The Morgan fingerprint density at radius 2 is 1.06 bits per heavy atom. The van der Waals surface area contributed by atoms with E-state index in [0.29, 0.717) is 23.1 Å². The van der Waals surface area contributed by atoms with Crippen molar-refractivity contribution in [2.45, 2.75) is 6.54 Å². The van der Waals surface area contributed by atoms with E-state index < -0.39 is 0 Å². The van der Waals surface area contributed by atoms with Crippen LogP contribution in [0.15, 0.2) is 114 Å². The Labute approximate surface area is 196 Å². The van der Waals surface area contributed by atoms with Gasteiger partial charge in [0.1, 0.15) is 11.4 Å². The molecule has 6 rings (SSSR count). The standard InChI is InChI=1S/C29H20N4O/c34-29-22-15-7-9-17-24(22)33(25-18-10-8-16-23(25)29)19-26-30-27(20-11-3-1-4-12-20)28(32-31-26)21-13-5-2-6-14-21/h1-18H,19H2. The van der Waals surface area contributed by atoms with Gasteiger partial charge in [0.05, 0.1) is 17.6 Å². The van der Waals surface area contributed by atoms with Crippen LogP contribution in [0.2, 0.25) is 0 Å². The maximum absolute atomic E-state index is 13.1. The molecule has 5 heteroatoms. The summed E-state index contributed by atoms with van der Waals surface area (Å²) >= 11 is 0. The minimum Gasteiger partial charge on any atom is -0.332 e. The smallest absolute Gasteiger partial charge is 0.197 e. The number of benzene rings is 4. The fourth-order valence-corrected chi connectivity index (χ4v) is 4.40. The lowest BCUT2D eigenvalue weighted by Gasteiger charge is -2.15. The van der Waals surface area contributed by atoms with E-state index in [2.05, 4.69) is 14.8 Å². The molecule has 5 nitrogen and oxygen atoms in total. The first-order valence-corrected chi connectivity index (χ1v) is 11.1. The van der Waals surface area contributed by atoms with Crippen LogP contribution >= 0.6 is 0 Å². The average Bonchev–Trinajstić information content (AvgIpc) is 2.92. The molecule has 2 heterocycles. The van der Waals surface area contributed by atoms with E-state index in [1.165, 1.54) is 0 Å². The lowest BCUT2D eigenvalue weighted by Crippen LogP contribution is -2.14. The van der Waals surface area contributed by atoms with Gasteiger partial charge in [0.2, 0.25) is 0 Å². The van der Waals surface area contributed by atoms with Crippen molar-refractivity contribution in [2.24, 2.45) is 0 Å². The van der Waals surface area contributed by atoms with Crippen LogP contribution in [0, 0.1) is 0 Å². The van der Waals surface area contributed by atoms with Crippen molar-refractivity contribution < 1.29 is 0 Å². The van der Waals surface area contributed by atoms with Gasteiger partial charge in [0, 0.05) is 21.9 Å². The summed E-state index contributed by atoms with van der Waals surface area (Å²) in [5.74, 6) is 0.581. The summed E-state index contributed by atoms with van der Waals surface area (Å²) in [6.07, 6.45) is 0. The highest BCUT2D eigenvalue weighted by atomic mass is 16.1. The van der Waals surface area contributed by atoms with Crippen molar-refractivity contribution in [3.8, 4) is 22.5 Å². The van der Waals surface area contributed by atoms with Crippen LogP contribution in [0.4, 0.5) is 0 Å². The summed E-state index contributed by atoms with van der Waals surface area (Å²) in [7, 11) is 0. The van der Waals surface area contributed by atoms with E-state index in [1.807, 2.05) is 109 Å². The maximum Gasteiger partial charge on any atom is 0.197 e. The van der Waals surface area contributed by atoms with Crippen molar-refractivity contribution in [3.05, 3.63) is 125 Å². The van der Waals surface area contributed by atoms with E-state index >= 15 is 0 Å². The lowest BCUT2D eigenvalue weighted by molar-refractivity contribution is 0.758. The highest BCUT2D eigenvalue weighted by Crippen LogP contribution is 2.28. The molecule has 0 spiro atoms. The second-order valence-electron chi connectivity index (χ2n) is 8.11. The first-order chi connectivity index (χ1) is 16.8. The number of aromatic nitrogens is 4. The van der Waals surface area contributed by atoms with Crippen LogP contribution < -0.4 is 5.43 Å². The third-order valence-electron chi connectivity index (χ3n) is 6.00. The van der Waals surface area contributed by atoms with Crippen molar-refractivity contribution >= 4 is 21.8 Å². The van der Waals surface area contributed by atoms with Gasteiger partial charge < -0.3 is 4.57 Å². The molecule has 0 aliphatic rings. The second kappa shape index (κ2) is 8.37. The van der Waals surface area contributed by atoms with E-state index in [-0.39, 0.29) is 5.43 Å². The minimum absolute atomic E-state index is 0.0332. The highest BCUT2D eigenvalue weighted by Gasteiger charge is 2.16. The lowest BCUT2D eigenvalue weighted by atomic mass is 10.0. The van der Waals surface area contributed by atoms with Crippen LogP contribution in [0.25, 0.3) is 44.3 Å². The van der Waals surface area contributed by atoms with Gasteiger partial charge >= 0.3 is 0 Å². The van der Waals surface area contributed by atoms with Gasteiger partial charge in [-0.05, 0) is 24.3 Å². The highest BCUT2D eigenvalue weighted by molar-refractivity contribution is 5.93. The fraction of sp³-hybridized carbons (Fsp3) is 0.0345. The predicted molar refractivity (Wildman–Crippen MR) is 136 cm³/mol. The monoisotopic (exact) mass is 440 g/mol. The maximum atomic E-state index is 13.1. The Kier molecular flexibility index (Phi) is 4.92. The number of fused-ring (bicyclic) bond motifs is 2. The third kappa shape index (κ3) is 3.44. The molecule has 0 amide bonds. The van der Waals surface area contributed by atoms with Crippen LogP contribution in [-0.2, 0) is 6.54 Å². The number of pyridine rings is 1. The fourth-order valence-electron chi connectivity index (χ4n) is 4.40. The third-order valence-corrected chi connectivity index (χ3v) is 6.00. The molecule has 0 radical (unpaired) electrons. The molecule has 0 aliphatic heterocycles. The molecule has 6 aromatic rings. The molecule has 0 bridgehead atoms. The predicted octanol–water partition coefficient (Wildman–Crippen LogP) is 5.72. The summed E-state index contributed by atoms with van der Waals surface area (Å²) < 4.78 is 2.10. The summed E-state index contributed by atoms with van der Waals surface area (Å²) in [4.78, 5) is 18.1. The Bertz CT molecular complexity index is 1630. The second-order valence-corrected chi connectivity index (χ2v) is 8.11. The van der Waals surface area contributed by atoms with E-state index in [9.17, 15) is 4.79 Å². The van der Waals surface area contributed by atoms with Gasteiger partial charge in [0.15, 0.2) is 11.3 Å². The molecule has 34 heavy (non-hydrogen) atoms. The zero-order valence-electron chi connectivity index (χ0n) is 18.3. The SMILES string of the molecule is O=c1c2ccccc2n(Cc2nnc(-c3ccccc3)c(-c3ccccc3)n2)c2ccccc12. The number of rotatable bonds is 4. The first kappa shape index (κ1) is 20.0. The molecule has 0 fully saturated rings. The normalized spacial score (nSPS) is 11.2. The molecule has 162 valence electrons. The minimum atomic E-state index is 0.0332. The van der Waals surface area contributed by atoms with E-state index in [1.54, 1.807) is 0 Å². The quantitative estimate of drug-likeness (QED) is 0.329. The van der Waals surface area contributed by atoms with Crippen molar-refractivity contribution in [1.29, 1.82) is 0 Å². The molecule has 4 aromatic carbocycles. The number of hydrogen-bond acceptors (Lipinski definition) is 4. The molecule has 0 saturated carbocycles. The Morgan fingerprint density at radius 1 is 0.559 bits per heavy atom. The molecule has 0 unspecified atom stereocenters. The van der Waals surface area contributed by atoms with Gasteiger partial charge in [0.25, 0.3) is 0 Å². The summed E-state index contributed by atoms with van der Waals surface area (Å²) in [5, 5.41) is 10.5. The van der Waals surface area contributed by atoms with E-state index in [4.69, 9.17) is 4.98 Å². The largest absolute Gasteiger partial charge is 0.332 e. The zero-order chi connectivity index (χ0) is 22.9. The van der Waals surface area contributed by atoms with Crippen LogP contribution in [0.3, 0.4) is 0 Å². The van der Waals surface area contributed by atoms with Crippen molar-refractivity contribution in [2.75, 3.05) is 0 Å². The molecule has 0 N–H and O–H groups in total. The summed E-state index contributed by atoms with van der Waals surface area (Å²) in [6, 6.07) is 35.4. The molecule has 0 aliphatic carbocycles. The van der Waals surface area contributed by atoms with Gasteiger partial charge in [-0.2, -0.15) is 0 Å². The van der Waals surface area contributed by atoms with Gasteiger partial charge in [-0.3, -0.25) is 4.79 Å². The van der Waals surface area contributed by atoms with Crippen LogP contribution in [-0.4, -0.2) is 19.7 Å². The summed E-state index contributed by atoms with van der Waals surface area (Å²) in [6.45, 7) is 0.392. The van der Waals surface area contributed by atoms with E-state index in [0.717, 1.165) is 33.5 Å². The van der Waals surface area contributed by atoms with Gasteiger partial charge in [-0.25, -0.2) is 4.98 Å². The van der Waals surface area contributed by atoms with Gasteiger partial charge in [-0.15, -0.1) is 10.2 Å². The van der Waals surface area contributed by atoms with Crippen molar-refractivity contribution in [3.63, 3.8) is 0 Å². The summed E-state index contributed by atoms with van der Waals surface area (Å²) in [5.41, 5.74) is 5.20.